The van der Waals surface area contributed by atoms with E-state index in [-0.39, 0.29) is 5.97 Å². The predicted octanol–water partition coefficient (Wildman–Crippen LogP) is 2.83. The Kier molecular flexibility index (Phi) is 4.61. The molecule has 1 aromatic rings. The fourth-order valence-corrected chi connectivity index (χ4v) is 1.27. The molecule has 2 nitrogen and oxygen atoms in total. The van der Waals surface area contributed by atoms with E-state index < -0.39 is 0 Å². The van der Waals surface area contributed by atoms with Crippen LogP contribution in [-0.2, 0) is 16.0 Å². The maximum Gasteiger partial charge on any atom is 0.302 e. The highest BCUT2D eigenvalue weighted by Crippen LogP contribution is 2.07. The minimum absolute atomic E-state index is 0.248. The molecule has 0 saturated heterocycles. The molecule has 0 unspecified atom stereocenters. The molecule has 0 aromatic heterocycles. The van der Waals surface area contributed by atoms with Crippen LogP contribution in [0.2, 0.25) is 0 Å². The van der Waals surface area contributed by atoms with Gasteiger partial charge in [-0.25, -0.2) is 0 Å². The second-order valence-electron chi connectivity index (χ2n) is 3.30. The summed E-state index contributed by atoms with van der Waals surface area (Å²) in [5.74, 6) is -0.248. The van der Waals surface area contributed by atoms with Gasteiger partial charge >= 0.3 is 5.97 Å². The molecular weight excluding hydrogens is 188 g/mol. The van der Waals surface area contributed by atoms with E-state index in [1.54, 1.807) is 0 Å². The number of rotatable bonds is 4. The first kappa shape index (κ1) is 11.5. The topological polar surface area (TPSA) is 26.3 Å². The fourth-order valence-electron chi connectivity index (χ4n) is 1.27. The lowest BCUT2D eigenvalue weighted by molar-refractivity contribution is -0.139. The summed E-state index contributed by atoms with van der Waals surface area (Å²) in [4.78, 5) is 10.5. The van der Waals surface area contributed by atoms with Gasteiger partial charge in [0.1, 0.15) is 6.61 Å². The predicted molar refractivity (Wildman–Crippen MR) is 61.5 cm³/mol. The normalized spacial score (nSPS) is 10.5. The van der Waals surface area contributed by atoms with Crippen molar-refractivity contribution in [1.82, 2.24) is 0 Å². The zero-order valence-corrected chi connectivity index (χ0v) is 9.19. The van der Waals surface area contributed by atoms with Gasteiger partial charge in [0.2, 0.25) is 0 Å². The van der Waals surface area contributed by atoms with Crippen LogP contribution in [0.1, 0.15) is 25.0 Å². The van der Waals surface area contributed by atoms with Crippen LogP contribution in [0.4, 0.5) is 0 Å². The molecule has 0 spiro atoms. The summed E-state index contributed by atoms with van der Waals surface area (Å²) in [6.45, 7) is 3.87. The van der Waals surface area contributed by atoms with Crippen molar-refractivity contribution < 1.29 is 9.53 Å². The van der Waals surface area contributed by atoms with Gasteiger partial charge in [0.05, 0.1) is 0 Å². The molecule has 0 N–H and O–H groups in total. The third-order valence-electron chi connectivity index (χ3n) is 2.05. The number of hydrogen-bond acceptors (Lipinski definition) is 2. The second kappa shape index (κ2) is 6.02. The van der Waals surface area contributed by atoms with Crippen LogP contribution in [0.3, 0.4) is 0 Å². The Morgan fingerprint density at radius 1 is 1.47 bits per heavy atom. The lowest BCUT2D eigenvalue weighted by atomic mass is 10.1. The largest absolute Gasteiger partial charge is 0.462 e. The molecule has 1 aromatic carbocycles. The van der Waals surface area contributed by atoms with Gasteiger partial charge in [-0.1, -0.05) is 37.3 Å². The molecule has 0 aliphatic rings. The van der Waals surface area contributed by atoms with Crippen LogP contribution in [0.25, 0.3) is 6.08 Å². The van der Waals surface area contributed by atoms with E-state index in [2.05, 4.69) is 19.1 Å². The van der Waals surface area contributed by atoms with Gasteiger partial charge < -0.3 is 4.74 Å². The Morgan fingerprint density at radius 3 is 2.93 bits per heavy atom. The van der Waals surface area contributed by atoms with Gasteiger partial charge in [0.15, 0.2) is 0 Å². The zero-order chi connectivity index (χ0) is 11.1. The maximum atomic E-state index is 10.5. The van der Waals surface area contributed by atoms with Crippen molar-refractivity contribution in [2.45, 2.75) is 20.3 Å². The second-order valence-corrected chi connectivity index (χ2v) is 3.30. The number of ether oxygens (including phenoxy) is 1. The molecule has 0 radical (unpaired) electrons. The monoisotopic (exact) mass is 204 g/mol. The quantitative estimate of drug-likeness (QED) is 0.705. The van der Waals surface area contributed by atoms with E-state index in [9.17, 15) is 4.79 Å². The molecule has 15 heavy (non-hydrogen) atoms. The summed E-state index contributed by atoms with van der Waals surface area (Å²) in [5.41, 5.74) is 2.45. The Labute approximate surface area is 90.6 Å². The van der Waals surface area contributed by atoms with Crippen LogP contribution < -0.4 is 0 Å². The summed E-state index contributed by atoms with van der Waals surface area (Å²) in [7, 11) is 0. The summed E-state index contributed by atoms with van der Waals surface area (Å²) >= 11 is 0. The van der Waals surface area contributed by atoms with Crippen molar-refractivity contribution in [2.75, 3.05) is 6.61 Å². The smallest absolute Gasteiger partial charge is 0.302 e. The van der Waals surface area contributed by atoms with Gasteiger partial charge in [-0.3, -0.25) is 4.79 Å². The van der Waals surface area contributed by atoms with Gasteiger partial charge in [-0.05, 0) is 23.6 Å². The first-order valence-electron chi connectivity index (χ1n) is 5.11. The SMILES string of the molecule is CCc1cccc(C=CCOC(C)=O)c1. The molecule has 0 amide bonds. The third-order valence-corrected chi connectivity index (χ3v) is 2.05. The lowest BCUT2D eigenvalue weighted by Crippen LogP contribution is -1.97. The first-order chi connectivity index (χ1) is 7.22. The Bertz CT molecular complexity index is 353. The molecule has 80 valence electrons. The van der Waals surface area contributed by atoms with Crippen LogP contribution in [-0.4, -0.2) is 12.6 Å². The molecule has 0 bridgehead atoms. The van der Waals surface area contributed by atoms with Crippen LogP contribution in [0.5, 0.6) is 0 Å². The molecule has 0 fully saturated rings. The van der Waals surface area contributed by atoms with Crippen LogP contribution >= 0.6 is 0 Å². The molecule has 0 saturated carbocycles. The zero-order valence-electron chi connectivity index (χ0n) is 9.19. The van der Waals surface area contributed by atoms with Crippen molar-refractivity contribution in [3.05, 3.63) is 41.5 Å². The lowest BCUT2D eigenvalue weighted by Gasteiger charge is -1.98. The molecule has 1 rings (SSSR count). The van der Waals surface area contributed by atoms with Crippen molar-refractivity contribution in [2.24, 2.45) is 0 Å². The Hall–Kier alpha value is -1.57. The fraction of sp³-hybridized carbons (Fsp3) is 0.308. The summed E-state index contributed by atoms with van der Waals surface area (Å²) in [6.07, 6.45) is 4.84. The van der Waals surface area contributed by atoms with E-state index in [1.165, 1.54) is 12.5 Å². The van der Waals surface area contributed by atoms with E-state index in [4.69, 9.17) is 4.74 Å². The minimum atomic E-state index is -0.248. The number of aryl methyl sites for hydroxylation is 1. The summed E-state index contributed by atoms with van der Waals surface area (Å²) in [6, 6.07) is 8.29. The third kappa shape index (κ3) is 4.45. The van der Waals surface area contributed by atoms with E-state index in [0.717, 1.165) is 12.0 Å². The van der Waals surface area contributed by atoms with Gasteiger partial charge in [-0.15, -0.1) is 0 Å². The van der Waals surface area contributed by atoms with Crippen LogP contribution in [0.15, 0.2) is 30.3 Å². The number of benzene rings is 1. The van der Waals surface area contributed by atoms with Crippen molar-refractivity contribution >= 4 is 12.0 Å². The summed E-state index contributed by atoms with van der Waals surface area (Å²) < 4.78 is 4.79. The molecule has 2 heteroatoms. The first-order valence-corrected chi connectivity index (χ1v) is 5.11. The number of esters is 1. The highest BCUT2D eigenvalue weighted by atomic mass is 16.5. The number of carbonyl (C=O) groups is 1. The van der Waals surface area contributed by atoms with Gasteiger partial charge in [0.25, 0.3) is 0 Å². The highest BCUT2D eigenvalue weighted by Gasteiger charge is 1.91. The molecule has 0 atom stereocenters. The molecule has 0 heterocycles. The van der Waals surface area contributed by atoms with Crippen LogP contribution in [0, 0.1) is 0 Å². The van der Waals surface area contributed by atoms with Crippen molar-refractivity contribution in [3.8, 4) is 0 Å². The van der Waals surface area contributed by atoms with Crippen molar-refractivity contribution in [3.63, 3.8) is 0 Å². The number of hydrogen-bond donors (Lipinski definition) is 0. The van der Waals surface area contributed by atoms with E-state index in [1.807, 2.05) is 24.3 Å². The van der Waals surface area contributed by atoms with Gasteiger partial charge in [0, 0.05) is 6.92 Å². The van der Waals surface area contributed by atoms with Crippen molar-refractivity contribution in [1.29, 1.82) is 0 Å². The molecular formula is C13H16O2. The van der Waals surface area contributed by atoms with Gasteiger partial charge in [-0.2, -0.15) is 0 Å². The molecule has 0 aliphatic heterocycles. The average Bonchev–Trinajstić information content (AvgIpc) is 2.24. The Balaban J connectivity index is 2.52. The van der Waals surface area contributed by atoms with E-state index in [0.29, 0.717) is 6.61 Å². The minimum Gasteiger partial charge on any atom is -0.462 e. The average molecular weight is 204 g/mol. The summed E-state index contributed by atoms with van der Waals surface area (Å²) in [5, 5.41) is 0. The highest BCUT2D eigenvalue weighted by molar-refractivity contribution is 5.66. The van der Waals surface area contributed by atoms with E-state index >= 15 is 0 Å². The maximum absolute atomic E-state index is 10.5. The number of carbonyl (C=O) groups excluding carboxylic acids is 1. The molecule has 0 aliphatic carbocycles. The standard InChI is InChI=1S/C13H16O2/c1-3-12-6-4-7-13(10-12)8-5-9-15-11(2)14/h4-8,10H,3,9H2,1-2H3. The Morgan fingerprint density at radius 2 is 2.27 bits per heavy atom.